The Bertz CT molecular complexity index is 983. The van der Waals surface area contributed by atoms with Crippen molar-refractivity contribution >= 4 is 23.4 Å². The van der Waals surface area contributed by atoms with Crippen LogP contribution >= 0.6 is 11.8 Å². The van der Waals surface area contributed by atoms with Crippen molar-refractivity contribution in [3.63, 3.8) is 0 Å². The zero-order valence-electron chi connectivity index (χ0n) is 17.3. The Morgan fingerprint density at radius 2 is 2.03 bits per heavy atom. The molecular weight excluding hydrogens is 408 g/mol. The number of amides is 1. The first kappa shape index (κ1) is 21.3. The number of anilines is 1. The van der Waals surface area contributed by atoms with E-state index >= 15 is 4.39 Å². The monoisotopic (exact) mass is 433 g/mol. The largest absolute Gasteiger partial charge is 0.378 e. The van der Waals surface area contributed by atoms with E-state index in [4.69, 9.17) is 9.47 Å². The number of hydrogen-bond donors (Lipinski definition) is 0. The molecule has 1 amide bonds. The third-order valence-corrected chi connectivity index (χ3v) is 7.04. The van der Waals surface area contributed by atoms with Gasteiger partial charge in [0.2, 0.25) is 5.91 Å². The second kappa shape index (κ2) is 8.29. The number of nitrogens with zero attached hydrogens (tertiary/aromatic N) is 1. The van der Waals surface area contributed by atoms with Crippen LogP contribution in [0.4, 0.5) is 14.5 Å². The summed E-state index contributed by atoms with van der Waals surface area (Å²) in [6.45, 7) is 2.35. The van der Waals surface area contributed by atoms with Crippen LogP contribution in [0.25, 0.3) is 0 Å². The van der Waals surface area contributed by atoms with Crippen molar-refractivity contribution in [3.05, 3.63) is 53.1 Å². The number of ether oxygens (including phenoxy) is 2. The summed E-state index contributed by atoms with van der Waals surface area (Å²) < 4.78 is 41.4. The van der Waals surface area contributed by atoms with Crippen LogP contribution in [-0.2, 0) is 26.3 Å². The van der Waals surface area contributed by atoms with Gasteiger partial charge < -0.3 is 14.4 Å². The maximum absolute atomic E-state index is 15.6. The van der Waals surface area contributed by atoms with Gasteiger partial charge in [0.25, 0.3) is 0 Å². The van der Waals surface area contributed by atoms with E-state index < -0.39 is 17.2 Å². The molecule has 4 rings (SSSR count). The highest BCUT2D eigenvalue weighted by molar-refractivity contribution is 7.99. The molecular formula is C23H25F2NO3S. The molecule has 2 aromatic rings. The highest BCUT2D eigenvalue weighted by atomic mass is 32.2. The summed E-state index contributed by atoms with van der Waals surface area (Å²) in [5.74, 6) is -0.866. The molecule has 0 aromatic heterocycles. The molecule has 7 heteroatoms. The normalized spacial score (nSPS) is 24.1. The predicted octanol–water partition coefficient (Wildman–Crippen LogP) is 5.07. The van der Waals surface area contributed by atoms with Gasteiger partial charge in [-0.3, -0.25) is 4.79 Å². The van der Waals surface area contributed by atoms with E-state index in [2.05, 4.69) is 0 Å². The van der Waals surface area contributed by atoms with E-state index in [0.717, 1.165) is 16.1 Å². The number of benzene rings is 2. The summed E-state index contributed by atoms with van der Waals surface area (Å²) >= 11 is 1.19. The van der Waals surface area contributed by atoms with Crippen LogP contribution in [0.5, 0.6) is 0 Å². The second-order valence-corrected chi connectivity index (χ2v) is 9.06. The van der Waals surface area contributed by atoms with Gasteiger partial charge in [0.15, 0.2) is 0 Å². The Kier molecular flexibility index (Phi) is 5.88. The highest BCUT2D eigenvalue weighted by Crippen LogP contribution is 2.43. The zero-order valence-corrected chi connectivity index (χ0v) is 18.2. The minimum absolute atomic E-state index is 0.0827. The number of carbonyl (C=O) groups excluding carboxylic acids is 1. The van der Waals surface area contributed by atoms with Gasteiger partial charge in [0.1, 0.15) is 17.2 Å². The van der Waals surface area contributed by atoms with E-state index in [9.17, 15) is 9.18 Å². The average Bonchev–Trinajstić information content (AvgIpc) is 2.73. The Balaban J connectivity index is 1.68. The Labute approximate surface area is 179 Å². The summed E-state index contributed by atoms with van der Waals surface area (Å²) in [4.78, 5) is 14.6. The number of aryl methyl sites for hydroxylation is 1. The lowest BCUT2D eigenvalue weighted by Gasteiger charge is -2.39. The maximum Gasteiger partial charge on any atom is 0.227 e. The third-order valence-electron chi connectivity index (χ3n) is 6.03. The summed E-state index contributed by atoms with van der Waals surface area (Å²) in [6.07, 6.45) is 1.93. The lowest BCUT2D eigenvalue weighted by molar-refractivity contribution is -0.124. The minimum atomic E-state index is -0.905. The third kappa shape index (κ3) is 3.86. The quantitative estimate of drug-likeness (QED) is 0.675. The number of rotatable bonds is 4. The molecule has 1 fully saturated rings. The fraction of sp³-hybridized carbons (Fsp3) is 0.435. The lowest BCUT2D eigenvalue weighted by Crippen LogP contribution is -2.40. The van der Waals surface area contributed by atoms with Gasteiger partial charge in [-0.25, -0.2) is 8.78 Å². The molecule has 2 aromatic carbocycles. The number of carbonyl (C=O) groups is 1. The van der Waals surface area contributed by atoms with Crippen molar-refractivity contribution in [2.24, 2.45) is 0 Å². The first-order valence-electron chi connectivity index (χ1n) is 10.1. The van der Waals surface area contributed by atoms with Gasteiger partial charge in [-0.15, -0.1) is 0 Å². The maximum atomic E-state index is 15.6. The van der Waals surface area contributed by atoms with Crippen molar-refractivity contribution in [1.29, 1.82) is 0 Å². The fourth-order valence-corrected chi connectivity index (χ4v) is 5.35. The lowest BCUT2D eigenvalue weighted by atomic mass is 9.83. The van der Waals surface area contributed by atoms with Crippen molar-refractivity contribution in [1.82, 2.24) is 0 Å². The van der Waals surface area contributed by atoms with Crippen molar-refractivity contribution in [2.45, 2.75) is 54.1 Å². The summed E-state index contributed by atoms with van der Waals surface area (Å²) in [6, 6.07) is 8.13. The highest BCUT2D eigenvalue weighted by Gasteiger charge is 2.40. The molecule has 1 saturated heterocycles. The summed E-state index contributed by atoms with van der Waals surface area (Å²) in [5, 5.41) is 0. The van der Waals surface area contributed by atoms with Crippen LogP contribution in [0.2, 0.25) is 0 Å². The molecule has 4 nitrogen and oxygen atoms in total. The van der Waals surface area contributed by atoms with Gasteiger partial charge in [-0.1, -0.05) is 11.8 Å². The van der Waals surface area contributed by atoms with Crippen LogP contribution in [0.1, 0.15) is 37.3 Å². The van der Waals surface area contributed by atoms with E-state index in [1.54, 1.807) is 11.9 Å². The molecule has 160 valence electrons. The van der Waals surface area contributed by atoms with Gasteiger partial charge in [-0.2, -0.15) is 0 Å². The minimum Gasteiger partial charge on any atom is -0.378 e. The summed E-state index contributed by atoms with van der Waals surface area (Å²) in [7, 11) is 3.29. The number of methoxy groups -OCH3 is 1. The van der Waals surface area contributed by atoms with Crippen LogP contribution in [0.15, 0.2) is 40.1 Å². The van der Waals surface area contributed by atoms with Gasteiger partial charge in [-0.05, 0) is 49.2 Å². The van der Waals surface area contributed by atoms with Crippen LogP contribution < -0.4 is 4.90 Å². The Hall–Kier alpha value is -1.96. The summed E-state index contributed by atoms with van der Waals surface area (Å²) in [5.41, 5.74) is 1.24. The molecule has 2 aliphatic heterocycles. The first-order chi connectivity index (χ1) is 14.3. The molecule has 0 aliphatic carbocycles. The van der Waals surface area contributed by atoms with Gasteiger partial charge >= 0.3 is 0 Å². The zero-order chi connectivity index (χ0) is 21.5. The van der Waals surface area contributed by atoms with Crippen molar-refractivity contribution < 1.29 is 23.0 Å². The van der Waals surface area contributed by atoms with E-state index in [1.165, 1.54) is 31.0 Å². The number of hydrogen-bond acceptors (Lipinski definition) is 4. The number of halogens is 2. The smallest absolute Gasteiger partial charge is 0.227 e. The first-order valence-corrected chi connectivity index (χ1v) is 10.9. The van der Waals surface area contributed by atoms with Crippen LogP contribution in [-0.4, -0.2) is 32.8 Å². The molecule has 0 N–H and O–H groups in total. The molecule has 2 atom stereocenters. The van der Waals surface area contributed by atoms with E-state index in [0.29, 0.717) is 32.3 Å². The van der Waals surface area contributed by atoms with Crippen molar-refractivity contribution in [2.75, 3.05) is 25.7 Å². The molecule has 0 bridgehead atoms. The molecule has 30 heavy (non-hydrogen) atoms. The van der Waals surface area contributed by atoms with Gasteiger partial charge in [0.05, 0.1) is 17.6 Å². The topological polar surface area (TPSA) is 38.8 Å². The Morgan fingerprint density at radius 3 is 2.77 bits per heavy atom. The average molecular weight is 434 g/mol. The van der Waals surface area contributed by atoms with Gasteiger partial charge in [0, 0.05) is 49.6 Å². The molecule has 0 spiro atoms. The predicted molar refractivity (Wildman–Crippen MR) is 112 cm³/mol. The van der Waals surface area contributed by atoms with Crippen LogP contribution in [0, 0.1) is 11.6 Å². The van der Waals surface area contributed by atoms with E-state index in [-0.39, 0.29) is 22.5 Å². The molecule has 0 saturated carbocycles. The molecule has 2 unspecified atom stereocenters. The second-order valence-electron chi connectivity index (χ2n) is 7.94. The molecule has 0 radical (unpaired) electrons. The van der Waals surface area contributed by atoms with Crippen molar-refractivity contribution in [3.8, 4) is 0 Å². The SMILES string of the molecule is COC1(c2cc(F)cc(Sc3ccc4c(c3)CCC(=O)N4C)c2F)CCOC(C)C1. The fourth-order valence-electron chi connectivity index (χ4n) is 4.38. The number of fused-ring (bicyclic) bond motifs is 1. The van der Waals surface area contributed by atoms with Crippen LogP contribution in [0.3, 0.4) is 0 Å². The molecule has 2 aliphatic rings. The molecule has 2 heterocycles. The Morgan fingerprint density at radius 1 is 1.23 bits per heavy atom. The van der Waals surface area contributed by atoms with E-state index in [1.807, 2.05) is 25.1 Å². The standard InChI is InChI=1S/C23H25F2NO3S/c1-14-13-23(28-3,8-9-29-14)18-11-16(24)12-20(22(18)25)30-17-5-6-19-15(10-17)4-7-21(27)26(19)2/h5-6,10-12,14H,4,7-9,13H2,1-3H3.